The highest BCUT2D eigenvalue weighted by molar-refractivity contribution is 8.00. The quantitative estimate of drug-likeness (QED) is 0.870. The van der Waals surface area contributed by atoms with Crippen molar-refractivity contribution in [1.29, 1.82) is 0 Å². The molecule has 1 aromatic carbocycles. The van der Waals surface area contributed by atoms with Gasteiger partial charge in [0.1, 0.15) is 0 Å². The van der Waals surface area contributed by atoms with E-state index in [2.05, 4.69) is 29.6 Å². The van der Waals surface area contributed by atoms with Crippen LogP contribution in [0.15, 0.2) is 29.2 Å². The van der Waals surface area contributed by atoms with Crippen molar-refractivity contribution in [2.45, 2.75) is 29.1 Å². The molecule has 1 heterocycles. The van der Waals surface area contributed by atoms with Crippen LogP contribution >= 0.6 is 11.8 Å². The Kier molecular flexibility index (Phi) is 3.18. The first-order valence-electron chi connectivity index (χ1n) is 6.01. The first-order valence-corrected chi connectivity index (χ1v) is 6.89. The predicted octanol–water partition coefficient (Wildman–Crippen LogP) is 2.60. The van der Waals surface area contributed by atoms with Crippen molar-refractivity contribution < 1.29 is 4.74 Å². The molecule has 0 amide bonds. The first kappa shape index (κ1) is 10.6. The highest BCUT2D eigenvalue weighted by Crippen LogP contribution is 2.39. The Morgan fingerprint density at radius 3 is 2.62 bits per heavy atom. The zero-order valence-corrected chi connectivity index (χ0v) is 10.1. The van der Waals surface area contributed by atoms with Gasteiger partial charge in [0.15, 0.2) is 0 Å². The molecule has 0 bridgehead atoms. The lowest BCUT2D eigenvalue weighted by atomic mass is 10.1. The summed E-state index contributed by atoms with van der Waals surface area (Å²) in [5, 5.41) is 4.25. The zero-order chi connectivity index (χ0) is 10.8. The van der Waals surface area contributed by atoms with Crippen molar-refractivity contribution in [3.63, 3.8) is 0 Å². The van der Waals surface area contributed by atoms with Gasteiger partial charge in [0, 0.05) is 23.2 Å². The van der Waals surface area contributed by atoms with E-state index in [0.717, 1.165) is 24.9 Å². The van der Waals surface area contributed by atoms with Gasteiger partial charge in [-0.05, 0) is 30.5 Å². The van der Waals surface area contributed by atoms with Crippen LogP contribution in [0.2, 0.25) is 0 Å². The topological polar surface area (TPSA) is 21.3 Å². The maximum absolute atomic E-state index is 5.73. The third kappa shape index (κ3) is 2.59. The lowest BCUT2D eigenvalue weighted by Gasteiger charge is -2.24. The van der Waals surface area contributed by atoms with Crippen molar-refractivity contribution in [1.82, 2.24) is 5.32 Å². The van der Waals surface area contributed by atoms with E-state index in [4.69, 9.17) is 4.74 Å². The Morgan fingerprint density at radius 2 is 2.00 bits per heavy atom. The van der Waals surface area contributed by atoms with Gasteiger partial charge in [-0.25, -0.2) is 0 Å². The highest BCUT2D eigenvalue weighted by atomic mass is 32.2. The molecule has 3 rings (SSSR count). The molecular weight excluding hydrogens is 218 g/mol. The summed E-state index contributed by atoms with van der Waals surface area (Å²) in [4.78, 5) is 1.40. The van der Waals surface area contributed by atoms with Gasteiger partial charge in [0.25, 0.3) is 0 Å². The van der Waals surface area contributed by atoms with Gasteiger partial charge < -0.3 is 10.1 Å². The predicted molar refractivity (Wildman–Crippen MR) is 66.9 cm³/mol. The molecule has 1 unspecified atom stereocenters. The summed E-state index contributed by atoms with van der Waals surface area (Å²) in [6.07, 6.45) is 3.03. The number of rotatable bonds is 3. The Bertz CT molecular complexity index is 341. The van der Waals surface area contributed by atoms with Crippen LogP contribution in [0.5, 0.6) is 0 Å². The summed E-state index contributed by atoms with van der Waals surface area (Å²) in [5.74, 6) is 0. The standard InChI is InChI=1S/C13H17NOS/c1-3-11(16-12-5-6-12)4-2-10(1)13-9-14-7-8-15-13/h1-4,12-14H,5-9H2. The van der Waals surface area contributed by atoms with Gasteiger partial charge in [0.2, 0.25) is 0 Å². The van der Waals surface area contributed by atoms with Crippen molar-refractivity contribution in [3.05, 3.63) is 29.8 Å². The summed E-state index contributed by atoms with van der Waals surface area (Å²) in [7, 11) is 0. The Morgan fingerprint density at radius 1 is 1.19 bits per heavy atom. The summed E-state index contributed by atoms with van der Waals surface area (Å²) in [6, 6.07) is 8.89. The number of nitrogens with one attached hydrogen (secondary N) is 1. The van der Waals surface area contributed by atoms with E-state index in [-0.39, 0.29) is 6.10 Å². The van der Waals surface area contributed by atoms with E-state index in [0.29, 0.717) is 0 Å². The zero-order valence-electron chi connectivity index (χ0n) is 9.32. The molecule has 1 aliphatic carbocycles. The fourth-order valence-corrected chi connectivity index (χ4v) is 2.97. The Labute approximate surface area is 101 Å². The first-order chi connectivity index (χ1) is 7.92. The van der Waals surface area contributed by atoms with Crippen LogP contribution in [-0.2, 0) is 4.74 Å². The lowest BCUT2D eigenvalue weighted by molar-refractivity contribution is 0.0277. The molecule has 1 N–H and O–H groups in total. The molecule has 2 aliphatic rings. The average Bonchev–Trinajstić information content (AvgIpc) is 3.15. The fraction of sp³-hybridized carbons (Fsp3) is 0.538. The summed E-state index contributed by atoms with van der Waals surface area (Å²) < 4.78 is 5.73. The molecule has 0 spiro atoms. The normalized spacial score (nSPS) is 25.6. The van der Waals surface area contributed by atoms with Crippen molar-refractivity contribution in [2.75, 3.05) is 19.7 Å². The molecule has 2 fully saturated rings. The van der Waals surface area contributed by atoms with Gasteiger partial charge in [0.05, 0.1) is 12.7 Å². The molecular formula is C13H17NOS. The molecule has 3 heteroatoms. The fourth-order valence-electron chi connectivity index (χ4n) is 1.92. The number of morpholine rings is 1. The van der Waals surface area contributed by atoms with Gasteiger partial charge in [-0.1, -0.05) is 12.1 Å². The van der Waals surface area contributed by atoms with Crippen LogP contribution in [0.4, 0.5) is 0 Å². The summed E-state index contributed by atoms with van der Waals surface area (Å²) >= 11 is 2.01. The smallest absolute Gasteiger partial charge is 0.0949 e. The number of hydrogen-bond acceptors (Lipinski definition) is 3. The molecule has 16 heavy (non-hydrogen) atoms. The van der Waals surface area contributed by atoms with Crippen LogP contribution in [0.3, 0.4) is 0 Å². The SMILES string of the molecule is c1cc(C2CNCCO2)ccc1SC1CC1. The maximum atomic E-state index is 5.73. The van der Waals surface area contributed by atoms with E-state index in [1.54, 1.807) is 0 Å². The van der Waals surface area contributed by atoms with Crippen molar-refractivity contribution >= 4 is 11.8 Å². The van der Waals surface area contributed by atoms with Gasteiger partial charge in [-0.3, -0.25) is 0 Å². The highest BCUT2D eigenvalue weighted by Gasteiger charge is 2.22. The molecule has 1 atom stereocenters. The van der Waals surface area contributed by atoms with E-state index in [9.17, 15) is 0 Å². The summed E-state index contributed by atoms with van der Waals surface area (Å²) in [6.45, 7) is 2.74. The molecule has 2 nitrogen and oxygen atoms in total. The third-order valence-corrected chi connectivity index (χ3v) is 4.36. The average molecular weight is 235 g/mol. The monoisotopic (exact) mass is 235 g/mol. The molecule has 0 radical (unpaired) electrons. The molecule has 1 saturated carbocycles. The molecule has 1 saturated heterocycles. The molecule has 1 aromatic rings. The largest absolute Gasteiger partial charge is 0.371 e. The minimum atomic E-state index is 0.244. The second-order valence-corrected chi connectivity index (χ2v) is 5.82. The minimum absolute atomic E-state index is 0.244. The van der Waals surface area contributed by atoms with Crippen molar-refractivity contribution in [3.8, 4) is 0 Å². The maximum Gasteiger partial charge on any atom is 0.0949 e. The number of hydrogen-bond donors (Lipinski definition) is 1. The number of thioether (sulfide) groups is 1. The number of ether oxygens (including phenoxy) is 1. The molecule has 1 aliphatic heterocycles. The number of benzene rings is 1. The van der Waals surface area contributed by atoms with Gasteiger partial charge in [-0.2, -0.15) is 0 Å². The lowest BCUT2D eigenvalue weighted by Crippen LogP contribution is -2.33. The van der Waals surface area contributed by atoms with Gasteiger partial charge in [-0.15, -0.1) is 11.8 Å². The van der Waals surface area contributed by atoms with Crippen LogP contribution in [0.25, 0.3) is 0 Å². The van der Waals surface area contributed by atoms with Crippen LogP contribution in [0.1, 0.15) is 24.5 Å². The van der Waals surface area contributed by atoms with Crippen LogP contribution in [-0.4, -0.2) is 24.9 Å². The Balaban J connectivity index is 1.65. The van der Waals surface area contributed by atoms with E-state index in [1.165, 1.54) is 23.3 Å². The molecule has 0 aromatic heterocycles. The van der Waals surface area contributed by atoms with Crippen molar-refractivity contribution in [2.24, 2.45) is 0 Å². The minimum Gasteiger partial charge on any atom is -0.371 e. The van der Waals surface area contributed by atoms with Crippen LogP contribution < -0.4 is 5.32 Å². The second kappa shape index (κ2) is 4.78. The Hall–Kier alpha value is -0.510. The second-order valence-electron chi connectivity index (χ2n) is 4.45. The van der Waals surface area contributed by atoms with Crippen LogP contribution in [0, 0.1) is 0 Å². The van der Waals surface area contributed by atoms with Gasteiger partial charge >= 0.3 is 0 Å². The third-order valence-electron chi connectivity index (χ3n) is 3.01. The summed E-state index contributed by atoms with van der Waals surface area (Å²) in [5.41, 5.74) is 1.30. The van der Waals surface area contributed by atoms with E-state index < -0.39 is 0 Å². The molecule has 86 valence electrons. The van der Waals surface area contributed by atoms with E-state index >= 15 is 0 Å². The van der Waals surface area contributed by atoms with E-state index in [1.807, 2.05) is 11.8 Å².